The van der Waals surface area contributed by atoms with Crippen LogP contribution in [0.2, 0.25) is 0 Å². The van der Waals surface area contributed by atoms with Crippen LogP contribution in [0.15, 0.2) is 42.0 Å². The van der Waals surface area contributed by atoms with Gasteiger partial charge in [0.1, 0.15) is 5.75 Å². The Morgan fingerprint density at radius 1 is 1.18 bits per heavy atom. The average Bonchev–Trinajstić information content (AvgIpc) is 2.57. The van der Waals surface area contributed by atoms with Gasteiger partial charge in [-0.05, 0) is 68.9 Å². The van der Waals surface area contributed by atoms with Crippen molar-refractivity contribution in [3.8, 4) is 5.75 Å². The number of para-hydroxylation sites is 1. The molecule has 0 heterocycles. The van der Waals surface area contributed by atoms with Gasteiger partial charge < -0.3 is 4.74 Å². The number of allylic oxidation sites excluding steroid dienone is 2. The van der Waals surface area contributed by atoms with E-state index in [9.17, 15) is 0 Å². The SMILES string of the molecule is CCC(C)CC1CC=C(CCCCOc2ccccc2)CC1. The first-order chi connectivity index (χ1) is 10.8. The quantitative estimate of drug-likeness (QED) is 0.379. The largest absolute Gasteiger partial charge is 0.494 e. The van der Waals surface area contributed by atoms with Crippen molar-refractivity contribution >= 4 is 0 Å². The number of benzene rings is 1. The summed E-state index contributed by atoms with van der Waals surface area (Å²) in [5, 5.41) is 0. The first-order valence-electron chi connectivity index (χ1n) is 9.13. The van der Waals surface area contributed by atoms with Crippen LogP contribution in [0.5, 0.6) is 5.75 Å². The van der Waals surface area contributed by atoms with E-state index in [1.807, 2.05) is 30.3 Å². The molecule has 1 aliphatic carbocycles. The molecular formula is C21H32O. The molecular weight excluding hydrogens is 268 g/mol. The van der Waals surface area contributed by atoms with Crippen molar-refractivity contribution in [2.45, 2.75) is 65.2 Å². The predicted molar refractivity (Wildman–Crippen MR) is 95.3 cm³/mol. The van der Waals surface area contributed by atoms with Crippen molar-refractivity contribution in [1.29, 1.82) is 0 Å². The molecule has 0 saturated carbocycles. The summed E-state index contributed by atoms with van der Waals surface area (Å²) in [5.41, 5.74) is 1.69. The second-order valence-corrected chi connectivity index (χ2v) is 6.87. The highest BCUT2D eigenvalue weighted by Gasteiger charge is 2.16. The zero-order chi connectivity index (χ0) is 15.6. The minimum atomic E-state index is 0.841. The molecule has 1 aliphatic rings. The van der Waals surface area contributed by atoms with Gasteiger partial charge in [-0.3, -0.25) is 0 Å². The molecule has 0 radical (unpaired) electrons. The van der Waals surface area contributed by atoms with Crippen LogP contribution in [-0.4, -0.2) is 6.61 Å². The van der Waals surface area contributed by atoms with Gasteiger partial charge in [-0.25, -0.2) is 0 Å². The molecule has 0 aliphatic heterocycles. The van der Waals surface area contributed by atoms with Gasteiger partial charge in [-0.2, -0.15) is 0 Å². The maximum absolute atomic E-state index is 5.75. The molecule has 2 unspecified atom stereocenters. The molecule has 0 bridgehead atoms. The van der Waals surface area contributed by atoms with Crippen LogP contribution in [0, 0.1) is 11.8 Å². The van der Waals surface area contributed by atoms with Gasteiger partial charge in [0.25, 0.3) is 0 Å². The highest BCUT2D eigenvalue weighted by molar-refractivity contribution is 5.20. The van der Waals surface area contributed by atoms with Crippen molar-refractivity contribution in [3.63, 3.8) is 0 Å². The first-order valence-corrected chi connectivity index (χ1v) is 9.13. The third kappa shape index (κ3) is 6.25. The summed E-state index contributed by atoms with van der Waals surface area (Å²) in [6.45, 7) is 5.55. The van der Waals surface area contributed by atoms with Crippen LogP contribution in [0.3, 0.4) is 0 Å². The van der Waals surface area contributed by atoms with Gasteiger partial charge in [0.15, 0.2) is 0 Å². The smallest absolute Gasteiger partial charge is 0.119 e. The number of hydrogen-bond acceptors (Lipinski definition) is 1. The summed E-state index contributed by atoms with van der Waals surface area (Å²) in [7, 11) is 0. The summed E-state index contributed by atoms with van der Waals surface area (Å²) in [6, 6.07) is 10.1. The second kappa shape index (κ2) is 9.71. The van der Waals surface area contributed by atoms with Gasteiger partial charge in [0.05, 0.1) is 6.61 Å². The van der Waals surface area contributed by atoms with Crippen molar-refractivity contribution in [3.05, 3.63) is 42.0 Å². The van der Waals surface area contributed by atoms with E-state index in [-0.39, 0.29) is 0 Å². The van der Waals surface area contributed by atoms with Gasteiger partial charge >= 0.3 is 0 Å². The Balaban J connectivity index is 1.56. The van der Waals surface area contributed by atoms with Crippen LogP contribution in [0.1, 0.15) is 65.2 Å². The van der Waals surface area contributed by atoms with E-state index in [1.54, 1.807) is 5.57 Å². The fourth-order valence-electron chi connectivity index (χ4n) is 3.28. The number of hydrogen-bond donors (Lipinski definition) is 0. The minimum Gasteiger partial charge on any atom is -0.494 e. The Labute approximate surface area is 136 Å². The van der Waals surface area contributed by atoms with E-state index >= 15 is 0 Å². The van der Waals surface area contributed by atoms with E-state index in [4.69, 9.17) is 4.74 Å². The minimum absolute atomic E-state index is 0.841. The van der Waals surface area contributed by atoms with Gasteiger partial charge in [-0.1, -0.05) is 50.1 Å². The topological polar surface area (TPSA) is 9.23 Å². The highest BCUT2D eigenvalue weighted by atomic mass is 16.5. The average molecular weight is 300 g/mol. The molecule has 0 aromatic heterocycles. The maximum atomic E-state index is 5.75. The first kappa shape index (κ1) is 17.1. The fourth-order valence-corrected chi connectivity index (χ4v) is 3.28. The Kier molecular flexibility index (Phi) is 7.56. The summed E-state index contributed by atoms with van der Waals surface area (Å²) in [5.74, 6) is 2.84. The number of rotatable bonds is 9. The van der Waals surface area contributed by atoms with Crippen LogP contribution in [0.25, 0.3) is 0 Å². The standard InChI is InChI=1S/C21H32O/c1-3-18(2)17-20-14-12-19(13-15-20)9-7-8-16-22-21-10-5-4-6-11-21/h4-6,10-12,18,20H,3,7-9,13-17H2,1-2H3. The summed E-state index contributed by atoms with van der Waals surface area (Å²) >= 11 is 0. The monoisotopic (exact) mass is 300 g/mol. The van der Waals surface area contributed by atoms with Crippen molar-refractivity contribution in [2.75, 3.05) is 6.61 Å². The van der Waals surface area contributed by atoms with Crippen molar-refractivity contribution < 1.29 is 4.74 Å². The van der Waals surface area contributed by atoms with E-state index < -0.39 is 0 Å². The molecule has 0 N–H and O–H groups in total. The van der Waals surface area contributed by atoms with Crippen molar-refractivity contribution in [2.24, 2.45) is 11.8 Å². The Morgan fingerprint density at radius 2 is 2.00 bits per heavy atom. The Hall–Kier alpha value is -1.24. The Morgan fingerprint density at radius 3 is 2.68 bits per heavy atom. The van der Waals surface area contributed by atoms with Crippen LogP contribution in [-0.2, 0) is 0 Å². The van der Waals surface area contributed by atoms with E-state index in [0.29, 0.717) is 0 Å². The molecule has 2 atom stereocenters. The van der Waals surface area contributed by atoms with Crippen LogP contribution < -0.4 is 4.74 Å². The lowest BCUT2D eigenvalue weighted by Crippen LogP contribution is -2.10. The zero-order valence-electron chi connectivity index (χ0n) is 14.4. The molecule has 22 heavy (non-hydrogen) atoms. The summed E-state index contributed by atoms with van der Waals surface area (Å²) < 4.78 is 5.75. The molecule has 0 fully saturated rings. The van der Waals surface area contributed by atoms with E-state index in [1.165, 1.54) is 44.9 Å². The normalized spacial score (nSPS) is 19.5. The lowest BCUT2D eigenvalue weighted by atomic mass is 9.82. The number of ether oxygens (including phenoxy) is 1. The molecule has 0 spiro atoms. The lowest BCUT2D eigenvalue weighted by Gasteiger charge is -2.24. The second-order valence-electron chi connectivity index (χ2n) is 6.87. The fraction of sp³-hybridized carbons (Fsp3) is 0.619. The molecule has 1 aromatic carbocycles. The third-order valence-electron chi connectivity index (χ3n) is 4.95. The van der Waals surface area contributed by atoms with Gasteiger partial charge in [0, 0.05) is 0 Å². The predicted octanol–water partition coefficient (Wildman–Crippen LogP) is 6.40. The van der Waals surface area contributed by atoms with Gasteiger partial charge in [0.2, 0.25) is 0 Å². The van der Waals surface area contributed by atoms with E-state index in [0.717, 1.165) is 30.6 Å². The lowest BCUT2D eigenvalue weighted by molar-refractivity contribution is 0.305. The summed E-state index contributed by atoms with van der Waals surface area (Å²) in [4.78, 5) is 0. The molecule has 1 nitrogen and oxygen atoms in total. The van der Waals surface area contributed by atoms with Crippen molar-refractivity contribution in [1.82, 2.24) is 0 Å². The highest BCUT2D eigenvalue weighted by Crippen LogP contribution is 2.31. The maximum Gasteiger partial charge on any atom is 0.119 e. The molecule has 0 saturated heterocycles. The zero-order valence-corrected chi connectivity index (χ0v) is 14.4. The number of unbranched alkanes of at least 4 members (excludes halogenated alkanes) is 1. The molecule has 2 rings (SSSR count). The van der Waals surface area contributed by atoms with Gasteiger partial charge in [-0.15, -0.1) is 0 Å². The molecule has 0 amide bonds. The summed E-state index contributed by atoms with van der Waals surface area (Å²) in [6.07, 6.45) is 13.0. The molecule has 122 valence electrons. The van der Waals surface area contributed by atoms with Crippen LogP contribution >= 0.6 is 0 Å². The van der Waals surface area contributed by atoms with E-state index in [2.05, 4.69) is 19.9 Å². The molecule has 1 heteroatoms. The van der Waals surface area contributed by atoms with Crippen LogP contribution in [0.4, 0.5) is 0 Å². The third-order valence-corrected chi connectivity index (χ3v) is 4.95. The Bertz CT molecular complexity index is 434. The molecule has 1 aromatic rings.